The maximum absolute atomic E-state index is 13.3. The molecule has 0 spiro atoms. The zero-order valence-electron chi connectivity index (χ0n) is 12.5. The number of carbonyl (C=O) groups is 1. The quantitative estimate of drug-likeness (QED) is 0.881. The summed E-state index contributed by atoms with van der Waals surface area (Å²) < 4.78 is 39.6. The molecule has 0 aromatic heterocycles. The van der Waals surface area contributed by atoms with Crippen molar-refractivity contribution in [3.05, 3.63) is 30.1 Å². The van der Waals surface area contributed by atoms with Crippen molar-refractivity contribution in [2.75, 3.05) is 18.2 Å². The van der Waals surface area contributed by atoms with Gasteiger partial charge >= 0.3 is 0 Å². The van der Waals surface area contributed by atoms with Gasteiger partial charge in [0.15, 0.2) is 0 Å². The number of nitrogens with zero attached hydrogens (tertiary/aromatic N) is 1. The van der Waals surface area contributed by atoms with Crippen LogP contribution in [0, 0.1) is 11.7 Å². The average Bonchev–Trinajstić information content (AvgIpc) is 2.95. The van der Waals surface area contributed by atoms with Gasteiger partial charge in [-0.25, -0.2) is 12.8 Å². The Morgan fingerprint density at radius 1 is 1.50 bits per heavy atom. The number of benzene rings is 1. The van der Waals surface area contributed by atoms with Crippen LogP contribution in [-0.4, -0.2) is 42.8 Å². The monoisotopic (exact) mass is 346 g/mol. The Morgan fingerprint density at radius 3 is 2.86 bits per heavy atom. The smallest absolute Gasteiger partial charge is 0.244 e. The summed E-state index contributed by atoms with van der Waals surface area (Å²) in [5.74, 6) is -0.0458. The zero-order chi connectivity index (χ0) is 16.3. The summed E-state index contributed by atoms with van der Waals surface area (Å²) in [7, 11) is -3.88. The molecule has 1 heterocycles. The highest BCUT2D eigenvalue weighted by atomic mass is 32.2. The van der Waals surface area contributed by atoms with Gasteiger partial charge in [0.25, 0.3) is 0 Å². The van der Waals surface area contributed by atoms with Crippen molar-refractivity contribution in [3.8, 4) is 0 Å². The number of carbonyl (C=O) groups excluding carboxylic acids is 1. The van der Waals surface area contributed by atoms with E-state index >= 15 is 0 Å². The van der Waals surface area contributed by atoms with Gasteiger partial charge in [-0.05, 0) is 24.1 Å². The number of hydrogen-bond donors (Lipinski definition) is 1. The van der Waals surface area contributed by atoms with Crippen LogP contribution in [-0.2, 0) is 14.8 Å². The molecule has 0 radical (unpaired) electrons. The number of halogens is 1. The molecule has 0 aliphatic carbocycles. The molecule has 0 unspecified atom stereocenters. The molecule has 8 heteroatoms. The molecule has 122 valence electrons. The topological polar surface area (TPSA) is 66.5 Å². The third-order valence-corrected chi connectivity index (χ3v) is 6.26. The van der Waals surface area contributed by atoms with Gasteiger partial charge in [0.2, 0.25) is 15.9 Å². The first kappa shape index (κ1) is 17.2. The van der Waals surface area contributed by atoms with Gasteiger partial charge in [-0.15, -0.1) is 11.8 Å². The van der Waals surface area contributed by atoms with E-state index in [0.29, 0.717) is 12.3 Å². The summed E-state index contributed by atoms with van der Waals surface area (Å²) in [5.41, 5.74) is 0. The van der Waals surface area contributed by atoms with Gasteiger partial charge in [-0.1, -0.05) is 19.9 Å². The Kier molecular flexibility index (Phi) is 5.46. The minimum absolute atomic E-state index is 0.128. The van der Waals surface area contributed by atoms with Crippen LogP contribution in [0.25, 0.3) is 0 Å². The first-order chi connectivity index (χ1) is 10.3. The van der Waals surface area contributed by atoms with Crippen molar-refractivity contribution < 1.29 is 17.6 Å². The first-order valence-corrected chi connectivity index (χ1v) is 9.54. The lowest BCUT2D eigenvalue weighted by Gasteiger charge is -2.23. The molecule has 1 N–H and O–H groups in total. The second-order valence-electron chi connectivity index (χ2n) is 5.50. The number of amides is 1. The van der Waals surface area contributed by atoms with Gasteiger partial charge in [-0.2, -0.15) is 4.31 Å². The van der Waals surface area contributed by atoms with Gasteiger partial charge in [0, 0.05) is 12.3 Å². The van der Waals surface area contributed by atoms with Gasteiger partial charge in [0.1, 0.15) is 11.9 Å². The minimum atomic E-state index is -3.88. The fourth-order valence-electron chi connectivity index (χ4n) is 2.06. The maximum Gasteiger partial charge on any atom is 0.244 e. The highest BCUT2D eigenvalue weighted by Crippen LogP contribution is 2.28. The largest absolute Gasteiger partial charge is 0.354 e. The summed E-state index contributed by atoms with van der Waals surface area (Å²) in [4.78, 5) is 12.1. The third-order valence-electron chi connectivity index (χ3n) is 3.23. The molecule has 5 nitrogen and oxygen atoms in total. The second-order valence-corrected chi connectivity index (χ2v) is 8.39. The molecule has 22 heavy (non-hydrogen) atoms. The summed E-state index contributed by atoms with van der Waals surface area (Å²) >= 11 is 1.37. The summed E-state index contributed by atoms with van der Waals surface area (Å²) in [6.45, 7) is 4.42. The minimum Gasteiger partial charge on any atom is -0.354 e. The number of sulfonamides is 1. The molecular weight excluding hydrogens is 327 g/mol. The highest BCUT2D eigenvalue weighted by Gasteiger charge is 2.40. The van der Waals surface area contributed by atoms with Gasteiger partial charge in [-0.3, -0.25) is 4.79 Å². The fourth-order valence-corrected chi connectivity index (χ4v) is 5.24. The number of thioether (sulfide) groups is 1. The van der Waals surface area contributed by atoms with Gasteiger partial charge in [0.05, 0.1) is 10.8 Å². The molecule has 1 aromatic carbocycles. The maximum atomic E-state index is 13.3. The Morgan fingerprint density at radius 2 is 2.23 bits per heavy atom. The highest BCUT2D eigenvalue weighted by molar-refractivity contribution is 8.00. The molecule has 1 amide bonds. The third kappa shape index (κ3) is 3.80. The van der Waals surface area contributed by atoms with Crippen molar-refractivity contribution in [1.82, 2.24) is 9.62 Å². The standard InChI is InChI=1S/C14H19FN2O3S2/c1-10(2)7-16-14(18)13-8-21-9-17(13)22(19,20)12-5-3-4-11(15)6-12/h3-6,10,13H,7-9H2,1-2H3,(H,16,18)/t13-/m0/s1. The van der Waals surface area contributed by atoms with E-state index in [1.54, 1.807) is 0 Å². The van der Waals surface area contributed by atoms with Gasteiger partial charge < -0.3 is 5.32 Å². The number of hydrogen-bond acceptors (Lipinski definition) is 4. The van der Waals surface area contributed by atoms with Crippen LogP contribution in [0.2, 0.25) is 0 Å². The molecule has 1 aliphatic heterocycles. The number of rotatable bonds is 5. The van der Waals surface area contributed by atoms with E-state index in [2.05, 4.69) is 5.32 Å². The first-order valence-electron chi connectivity index (χ1n) is 6.95. The molecular formula is C14H19FN2O3S2. The Hall–Kier alpha value is -1.12. The van der Waals surface area contributed by atoms with Crippen molar-refractivity contribution in [2.24, 2.45) is 5.92 Å². The number of nitrogens with one attached hydrogen (secondary N) is 1. The van der Waals surface area contributed by atoms with E-state index in [4.69, 9.17) is 0 Å². The van der Waals surface area contributed by atoms with Crippen LogP contribution in [0.3, 0.4) is 0 Å². The molecule has 2 rings (SSSR count). The molecule has 1 saturated heterocycles. The lowest BCUT2D eigenvalue weighted by atomic mass is 10.2. The van der Waals surface area contributed by atoms with Crippen molar-refractivity contribution in [3.63, 3.8) is 0 Å². The molecule has 1 aliphatic rings. The van der Waals surface area contributed by atoms with Crippen LogP contribution < -0.4 is 5.32 Å². The molecule has 1 aromatic rings. The lowest BCUT2D eigenvalue weighted by Crippen LogP contribution is -2.47. The van der Waals surface area contributed by atoms with E-state index in [-0.39, 0.29) is 22.6 Å². The molecule has 0 bridgehead atoms. The van der Waals surface area contributed by atoms with Crippen LogP contribution in [0.1, 0.15) is 13.8 Å². The molecule has 1 atom stereocenters. The SMILES string of the molecule is CC(C)CNC(=O)[C@@H]1CSCN1S(=O)(=O)c1cccc(F)c1. The predicted molar refractivity (Wildman–Crippen MR) is 84.4 cm³/mol. The van der Waals surface area contributed by atoms with Crippen molar-refractivity contribution in [1.29, 1.82) is 0 Å². The van der Waals surface area contributed by atoms with Crippen molar-refractivity contribution in [2.45, 2.75) is 24.8 Å². The normalized spacial score (nSPS) is 19.5. The van der Waals surface area contributed by atoms with Crippen molar-refractivity contribution >= 4 is 27.7 Å². The molecule has 1 fully saturated rings. The van der Waals surface area contributed by atoms with Crippen LogP contribution in [0.4, 0.5) is 4.39 Å². The Labute approximate surface area is 134 Å². The lowest BCUT2D eigenvalue weighted by molar-refractivity contribution is -0.123. The van der Waals surface area contributed by atoms with E-state index in [0.717, 1.165) is 10.4 Å². The van der Waals surface area contributed by atoms with Crippen LogP contribution in [0.5, 0.6) is 0 Å². The van der Waals surface area contributed by atoms with E-state index < -0.39 is 21.9 Å². The molecule has 0 saturated carbocycles. The Balaban J connectivity index is 2.21. The average molecular weight is 346 g/mol. The summed E-state index contributed by atoms with van der Waals surface area (Å²) in [6, 6.07) is 4.09. The van der Waals surface area contributed by atoms with Crippen LogP contribution in [0.15, 0.2) is 29.2 Å². The predicted octanol–water partition coefficient (Wildman–Crippen LogP) is 1.66. The zero-order valence-corrected chi connectivity index (χ0v) is 14.1. The van der Waals surface area contributed by atoms with E-state index in [1.165, 1.54) is 30.0 Å². The van der Waals surface area contributed by atoms with E-state index in [1.807, 2.05) is 13.8 Å². The Bertz CT molecular complexity index is 649. The van der Waals surface area contributed by atoms with Crippen LogP contribution >= 0.6 is 11.8 Å². The second kappa shape index (κ2) is 6.97. The fraction of sp³-hybridized carbons (Fsp3) is 0.500. The summed E-state index contributed by atoms with van der Waals surface area (Å²) in [5, 5.41) is 2.76. The van der Waals surface area contributed by atoms with E-state index in [9.17, 15) is 17.6 Å². The summed E-state index contributed by atoms with van der Waals surface area (Å²) in [6.07, 6.45) is 0.